The van der Waals surface area contributed by atoms with Crippen molar-refractivity contribution in [2.75, 3.05) is 0 Å². The molecule has 2 aromatic rings. The van der Waals surface area contributed by atoms with E-state index in [-0.39, 0.29) is 17.5 Å². The number of nitrogens with zero attached hydrogens (tertiary/aromatic N) is 2. The van der Waals surface area contributed by atoms with E-state index >= 15 is 0 Å². The van der Waals surface area contributed by atoms with Gasteiger partial charge in [-0.2, -0.15) is 0 Å². The highest BCUT2D eigenvalue weighted by atomic mass is 19.1. The van der Waals surface area contributed by atoms with E-state index < -0.39 is 5.82 Å². The molecule has 0 saturated carbocycles. The molecular weight excluding hydrogens is 267 g/mol. The highest BCUT2D eigenvalue weighted by Gasteiger charge is 2.22. The summed E-state index contributed by atoms with van der Waals surface area (Å²) in [5.41, 5.74) is 1.91. The van der Waals surface area contributed by atoms with Crippen molar-refractivity contribution < 1.29 is 9.18 Å². The molecule has 0 aliphatic heterocycles. The van der Waals surface area contributed by atoms with E-state index in [1.54, 1.807) is 29.4 Å². The number of benzene rings is 1. The topological polar surface area (TPSA) is 33.2 Å². The van der Waals surface area contributed by atoms with Gasteiger partial charge in [-0.25, -0.2) is 4.39 Å². The summed E-state index contributed by atoms with van der Waals surface area (Å²) in [4.78, 5) is 18.3. The zero-order valence-corrected chi connectivity index (χ0v) is 12.5. The summed E-state index contributed by atoms with van der Waals surface area (Å²) in [5.74, 6) is -0.780. The molecule has 110 valence electrons. The van der Waals surface area contributed by atoms with E-state index in [1.165, 1.54) is 6.07 Å². The summed E-state index contributed by atoms with van der Waals surface area (Å²) in [6, 6.07) is 8.29. The summed E-state index contributed by atoms with van der Waals surface area (Å²) in [7, 11) is 0. The van der Waals surface area contributed by atoms with Crippen LogP contribution in [0.1, 0.15) is 35.3 Å². The Hall–Kier alpha value is -2.23. The molecule has 21 heavy (non-hydrogen) atoms. The van der Waals surface area contributed by atoms with Crippen molar-refractivity contribution >= 4 is 5.91 Å². The van der Waals surface area contributed by atoms with Crippen LogP contribution in [0.5, 0.6) is 0 Å². The van der Waals surface area contributed by atoms with E-state index in [2.05, 4.69) is 4.98 Å². The SMILES string of the molecule is Cc1ccc(F)c(C(=O)N(Cc2cccnc2)C(C)C)c1. The number of aryl methyl sites for hydroxylation is 1. The predicted molar refractivity (Wildman–Crippen MR) is 80.4 cm³/mol. The Kier molecular flexibility index (Phi) is 4.68. The summed E-state index contributed by atoms with van der Waals surface area (Å²) < 4.78 is 13.9. The molecule has 0 aliphatic rings. The average Bonchev–Trinajstić information content (AvgIpc) is 2.47. The Morgan fingerprint density at radius 2 is 2.10 bits per heavy atom. The summed E-state index contributed by atoms with van der Waals surface area (Å²) in [5, 5.41) is 0. The second-order valence-corrected chi connectivity index (χ2v) is 5.37. The number of halogens is 1. The summed E-state index contributed by atoms with van der Waals surface area (Å²) in [6.45, 7) is 6.10. The van der Waals surface area contributed by atoms with Crippen molar-refractivity contribution in [3.8, 4) is 0 Å². The molecule has 2 rings (SSSR count). The predicted octanol–water partition coefficient (Wildman–Crippen LogP) is 3.58. The Morgan fingerprint density at radius 3 is 2.71 bits per heavy atom. The zero-order valence-electron chi connectivity index (χ0n) is 12.5. The summed E-state index contributed by atoms with van der Waals surface area (Å²) in [6.07, 6.45) is 3.40. The second-order valence-electron chi connectivity index (χ2n) is 5.37. The van der Waals surface area contributed by atoms with Crippen molar-refractivity contribution in [2.45, 2.75) is 33.4 Å². The van der Waals surface area contributed by atoms with Gasteiger partial charge in [-0.1, -0.05) is 17.7 Å². The molecule has 1 aromatic carbocycles. The maximum Gasteiger partial charge on any atom is 0.257 e. The van der Waals surface area contributed by atoms with Crippen molar-refractivity contribution in [1.29, 1.82) is 0 Å². The highest BCUT2D eigenvalue weighted by Crippen LogP contribution is 2.17. The van der Waals surface area contributed by atoms with Crippen LogP contribution in [-0.4, -0.2) is 21.8 Å². The normalized spacial score (nSPS) is 10.7. The molecule has 4 heteroatoms. The van der Waals surface area contributed by atoms with Crippen molar-refractivity contribution in [3.05, 3.63) is 65.2 Å². The number of aromatic nitrogens is 1. The third-order valence-electron chi connectivity index (χ3n) is 3.31. The van der Waals surface area contributed by atoms with Crippen LogP contribution in [0.2, 0.25) is 0 Å². The molecule has 3 nitrogen and oxygen atoms in total. The second kappa shape index (κ2) is 6.48. The molecule has 0 atom stereocenters. The molecule has 0 saturated heterocycles. The van der Waals surface area contributed by atoms with Crippen molar-refractivity contribution in [1.82, 2.24) is 9.88 Å². The number of hydrogen-bond acceptors (Lipinski definition) is 2. The lowest BCUT2D eigenvalue weighted by atomic mass is 10.1. The fraction of sp³-hybridized carbons (Fsp3) is 0.294. The molecule has 0 radical (unpaired) electrons. The van der Waals surface area contributed by atoms with Gasteiger partial charge < -0.3 is 4.90 Å². The smallest absolute Gasteiger partial charge is 0.257 e. The first-order valence-corrected chi connectivity index (χ1v) is 6.95. The minimum absolute atomic E-state index is 0.0300. The maximum atomic E-state index is 13.9. The first-order chi connectivity index (χ1) is 9.99. The minimum atomic E-state index is -0.484. The largest absolute Gasteiger partial charge is 0.332 e. The standard InChI is InChI=1S/C17H19FN2O/c1-12(2)20(11-14-5-4-8-19-10-14)17(21)15-9-13(3)6-7-16(15)18/h4-10,12H,11H2,1-3H3. The summed E-state index contributed by atoms with van der Waals surface area (Å²) >= 11 is 0. The van der Waals surface area contributed by atoms with Gasteiger partial charge in [-0.15, -0.1) is 0 Å². The first kappa shape index (κ1) is 15.2. The van der Waals surface area contributed by atoms with Crippen LogP contribution in [0.3, 0.4) is 0 Å². The number of hydrogen-bond donors (Lipinski definition) is 0. The minimum Gasteiger partial charge on any atom is -0.332 e. The van der Waals surface area contributed by atoms with E-state index in [1.807, 2.05) is 32.9 Å². The number of carbonyl (C=O) groups is 1. The lowest BCUT2D eigenvalue weighted by Gasteiger charge is -2.27. The van der Waals surface area contributed by atoms with Crippen LogP contribution >= 0.6 is 0 Å². The van der Waals surface area contributed by atoms with E-state index in [4.69, 9.17) is 0 Å². The molecule has 0 unspecified atom stereocenters. The maximum absolute atomic E-state index is 13.9. The molecule has 0 spiro atoms. The van der Waals surface area contributed by atoms with Gasteiger partial charge in [0.1, 0.15) is 5.82 Å². The number of amides is 1. The van der Waals surface area contributed by atoms with Crippen LogP contribution < -0.4 is 0 Å². The monoisotopic (exact) mass is 286 g/mol. The van der Waals surface area contributed by atoms with E-state index in [9.17, 15) is 9.18 Å². The average molecular weight is 286 g/mol. The van der Waals surface area contributed by atoms with E-state index in [0.29, 0.717) is 6.54 Å². The zero-order chi connectivity index (χ0) is 15.4. The Balaban J connectivity index is 2.30. The fourth-order valence-corrected chi connectivity index (χ4v) is 2.13. The molecule has 0 N–H and O–H groups in total. The lowest BCUT2D eigenvalue weighted by molar-refractivity contribution is 0.0685. The van der Waals surface area contributed by atoms with Gasteiger partial charge in [0.15, 0.2) is 0 Å². The van der Waals surface area contributed by atoms with Gasteiger partial charge in [0.2, 0.25) is 0 Å². The Morgan fingerprint density at radius 1 is 1.33 bits per heavy atom. The van der Waals surface area contributed by atoms with Gasteiger partial charge in [-0.3, -0.25) is 9.78 Å². The van der Waals surface area contributed by atoms with Gasteiger partial charge >= 0.3 is 0 Å². The highest BCUT2D eigenvalue weighted by molar-refractivity contribution is 5.94. The third kappa shape index (κ3) is 3.66. The van der Waals surface area contributed by atoms with Crippen LogP contribution in [0.4, 0.5) is 4.39 Å². The molecule has 1 aromatic heterocycles. The van der Waals surface area contributed by atoms with Crippen molar-refractivity contribution in [3.63, 3.8) is 0 Å². The van der Waals surface area contributed by atoms with Crippen LogP contribution in [0, 0.1) is 12.7 Å². The molecule has 1 heterocycles. The number of carbonyl (C=O) groups excluding carboxylic acids is 1. The van der Waals surface area contributed by atoms with Crippen LogP contribution in [0.25, 0.3) is 0 Å². The first-order valence-electron chi connectivity index (χ1n) is 6.95. The van der Waals surface area contributed by atoms with Gasteiger partial charge in [0.25, 0.3) is 5.91 Å². The molecule has 0 bridgehead atoms. The lowest BCUT2D eigenvalue weighted by Crippen LogP contribution is -2.37. The van der Waals surface area contributed by atoms with Gasteiger partial charge in [0.05, 0.1) is 5.56 Å². The molecule has 1 amide bonds. The third-order valence-corrected chi connectivity index (χ3v) is 3.31. The Bertz CT molecular complexity index is 626. The number of pyridine rings is 1. The van der Waals surface area contributed by atoms with Crippen LogP contribution in [-0.2, 0) is 6.54 Å². The molecule has 0 aliphatic carbocycles. The van der Waals surface area contributed by atoms with Crippen molar-refractivity contribution in [2.24, 2.45) is 0 Å². The van der Waals surface area contributed by atoms with Crippen LogP contribution in [0.15, 0.2) is 42.7 Å². The van der Waals surface area contributed by atoms with Gasteiger partial charge in [-0.05, 0) is 44.5 Å². The van der Waals surface area contributed by atoms with Gasteiger partial charge in [0, 0.05) is 25.0 Å². The van der Waals surface area contributed by atoms with E-state index in [0.717, 1.165) is 11.1 Å². The quantitative estimate of drug-likeness (QED) is 0.860. The molecule has 0 fully saturated rings. The molecular formula is C17H19FN2O. The Labute approximate surface area is 124 Å². The fourth-order valence-electron chi connectivity index (χ4n) is 2.13. The number of rotatable bonds is 4.